The van der Waals surface area contributed by atoms with Crippen LogP contribution in [0.5, 0.6) is 0 Å². The van der Waals surface area contributed by atoms with Gasteiger partial charge in [-0.05, 0) is 39.5 Å². The van der Waals surface area contributed by atoms with Gasteiger partial charge in [0.15, 0.2) is 0 Å². The van der Waals surface area contributed by atoms with Crippen LogP contribution < -0.4 is 0 Å². The first kappa shape index (κ1) is 12.2. The molecule has 2 nitrogen and oxygen atoms in total. The van der Waals surface area contributed by atoms with Gasteiger partial charge in [0.1, 0.15) is 0 Å². The van der Waals surface area contributed by atoms with Gasteiger partial charge in [0.05, 0.1) is 0 Å². The fourth-order valence-corrected chi connectivity index (χ4v) is 1.11. The molecule has 0 heterocycles. The maximum Gasteiger partial charge on any atom is 0.303 e. The zero-order chi connectivity index (χ0) is 10.4. The maximum atomic E-state index is 10.4. The van der Waals surface area contributed by atoms with Crippen LogP contribution >= 0.6 is 0 Å². The molecule has 2 heteroatoms. The van der Waals surface area contributed by atoms with Gasteiger partial charge in [0.25, 0.3) is 0 Å². The standard InChI is InChI=1S/C11H20O2/c1-8(2)10(4)6-5-9(3)7-11(12)13/h9H,5-7H2,1-4H3,(H,12,13). The summed E-state index contributed by atoms with van der Waals surface area (Å²) in [7, 11) is 0. The highest BCUT2D eigenvalue weighted by Gasteiger charge is 2.07. The molecule has 0 rings (SSSR count). The lowest BCUT2D eigenvalue weighted by atomic mass is 9.97. The highest BCUT2D eigenvalue weighted by Crippen LogP contribution is 2.16. The van der Waals surface area contributed by atoms with E-state index in [4.69, 9.17) is 5.11 Å². The van der Waals surface area contributed by atoms with E-state index < -0.39 is 5.97 Å². The third kappa shape index (κ3) is 6.38. The molecule has 0 amide bonds. The SMILES string of the molecule is CC(C)=C(C)CCC(C)CC(=O)O. The Morgan fingerprint density at radius 1 is 1.31 bits per heavy atom. The second-order valence-corrected chi connectivity index (χ2v) is 4.02. The molecule has 0 aromatic rings. The molecule has 0 bridgehead atoms. The minimum Gasteiger partial charge on any atom is -0.481 e. The van der Waals surface area contributed by atoms with Crippen LogP contribution in [0.15, 0.2) is 11.1 Å². The Bertz CT molecular complexity index is 200. The fraction of sp³-hybridized carbons (Fsp3) is 0.727. The van der Waals surface area contributed by atoms with Gasteiger partial charge in [0, 0.05) is 6.42 Å². The number of rotatable bonds is 5. The van der Waals surface area contributed by atoms with Gasteiger partial charge in [0.2, 0.25) is 0 Å². The molecule has 0 saturated carbocycles. The summed E-state index contributed by atoms with van der Waals surface area (Å²) in [6, 6.07) is 0. The molecule has 0 saturated heterocycles. The lowest BCUT2D eigenvalue weighted by molar-refractivity contribution is -0.138. The Labute approximate surface area is 80.7 Å². The van der Waals surface area contributed by atoms with Crippen molar-refractivity contribution in [1.29, 1.82) is 0 Å². The number of hydrogen-bond acceptors (Lipinski definition) is 1. The van der Waals surface area contributed by atoms with Crippen molar-refractivity contribution in [3.05, 3.63) is 11.1 Å². The van der Waals surface area contributed by atoms with Crippen LogP contribution in [0.3, 0.4) is 0 Å². The van der Waals surface area contributed by atoms with E-state index in [9.17, 15) is 4.79 Å². The van der Waals surface area contributed by atoms with E-state index in [0.717, 1.165) is 12.8 Å². The van der Waals surface area contributed by atoms with Crippen molar-refractivity contribution in [3.63, 3.8) is 0 Å². The zero-order valence-corrected chi connectivity index (χ0v) is 9.05. The van der Waals surface area contributed by atoms with Crippen LogP contribution in [-0.4, -0.2) is 11.1 Å². The third-order valence-electron chi connectivity index (χ3n) is 2.39. The molecular formula is C11H20O2. The van der Waals surface area contributed by atoms with Gasteiger partial charge < -0.3 is 5.11 Å². The van der Waals surface area contributed by atoms with E-state index in [1.165, 1.54) is 11.1 Å². The van der Waals surface area contributed by atoms with Crippen LogP contribution in [0.1, 0.15) is 47.0 Å². The van der Waals surface area contributed by atoms with Crippen LogP contribution in [0, 0.1) is 5.92 Å². The molecule has 0 radical (unpaired) electrons. The minimum atomic E-state index is -0.692. The smallest absolute Gasteiger partial charge is 0.303 e. The van der Waals surface area contributed by atoms with Crippen molar-refractivity contribution in [2.75, 3.05) is 0 Å². The maximum absolute atomic E-state index is 10.4. The van der Waals surface area contributed by atoms with Crippen molar-refractivity contribution in [1.82, 2.24) is 0 Å². The molecule has 0 fully saturated rings. The average molecular weight is 184 g/mol. The summed E-state index contributed by atoms with van der Waals surface area (Å²) in [5.41, 5.74) is 2.74. The molecule has 1 unspecified atom stereocenters. The first-order valence-electron chi connectivity index (χ1n) is 4.78. The van der Waals surface area contributed by atoms with Crippen molar-refractivity contribution in [2.45, 2.75) is 47.0 Å². The number of carbonyl (C=O) groups is 1. The van der Waals surface area contributed by atoms with Crippen LogP contribution in [0.4, 0.5) is 0 Å². The molecule has 0 aliphatic heterocycles. The second-order valence-electron chi connectivity index (χ2n) is 4.02. The molecule has 0 spiro atoms. The predicted octanol–water partition coefficient (Wildman–Crippen LogP) is 3.23. The third-order valence-corrected chi connectivity index (χ3v) is 2.39. The van der Waals surface area contributed by atoms with E-state index in [2.05, 4.69) is 20.8 Å². The Morgan fingerprint density at radius 3 is 2.23 bits per heavy atom. The van der Waals surface area contributed by atoms with E-state index in [1.54, 1.807) is 0 Å². The van der Waals surface area contributed by atoms with Crippen molar-refractivity contribution in [2.24, 2.45) is 5.92 Å². The monoisotopic (exact) mass is 184 g/mol. The molecule has 1 atom stereocenters. The minimum absolute atomic E-state index is 0.284. The first-order valence-corrected chi connectivity index (χ1v) is 4.78. The van der Waals surface area contributed by atoms with Crippen molar-refractivity contribution in [3.8, 4) is 0 Å². The number of aliphatic carboxylic acids is 1. The predicted molar refractivity (Wildman–Crippen MR) is 54.7 cm³/mol. The number of carboxylic acids is 1. The molecule has 76 valence electrons. The Kier molecular flexibility index (Phi) is 5.44. The Morgan fingerprint density at radius 2 is 1.85 bits per heavy atom. The summed E-state index contributed by atoms with van der Waals surface area (Å²) in [5.74, 6) is -0.408. The van der Waals surface area contributed by atoms with Crippen LogP contribution in [-0.2, 0) is 4.79 Å². The van der Waals surface area contributed by atoms with Crippen LogP contribution in [0.2, 0.25) is 0 Å². The second kappa shape index (κ2) is 5.79. The largest absolute Gasteiger partial charge is 0.481 e. The fourth-order valence-electron chi connectivity index (χ4n) is 1.11. The Balaban J connectivity index is 3.77. The molecular weight excluding hydrogens is 164 g/mol. The lowest BCUT2D eigenvalue weighted by Crippen LogP contribution is -2.04. The lowest BCUT2D eigenvalue weighted by Gasteiger charge is -2.09. The summed E-state index contributed by atoms with van der Waals surface area (Å²) in [6.07, 6.45) is 2.29. The summed E-state index contributed by atoms with van der Waals surface area (Å²) < 4.78 is 0. The van der Waals surface area contributed by atoms with E-state index in [0.29, 0.717) is 0 Å². The van der Waals surface area contributed by atoms with Gasteiger partial charge in [-0.2, -0.15) is 0 Å². The molecule has 0 aromatic carbocycles. The van der Waals surface area contributed by atoms with Gasteiger partial charge in [-0.15, -0.1) is 0 Å². The Hall–Kier alpha value is -0.790. The average Bonchev–Trinajstić information content (AvgIpc) is 1.98. The van der Waals surface area contributed by atoms with E-state index >= 15 is 0 Å². The normalized spacial score (nSPS) is 12.3. The molecule has 13 heavy (non-hydrogen) atoms. The van der Waals surface area contributed by atoms with Gasteiger partial charge >= 0.3 is 5.97 Å². The highest BCUT2D eigenvalue weighted by atomic mass is 16.4. The number of carboxylic acid groups (broad SMARTS) is 1. The summed E-state index contributed by atoms with van der Waals surface area (Å²) in [6.45, 7) is 8.30. The topological polar surface area (TPSA) is 37.3 Å². The molecule has 0 aromatic heterocycles. The molecule has 0 aliphatic carbocycles. The van der Waals surface area contributed by atoms with Crippen LogP contribution in [0.25, 0.3) is 0 Å². The van der Waals surface area contributed by atoms with Crippen molar-refractivity contribution < 1.29 is 9.90 Å². The number of hydrogen-bond donors (Lipinski definition) is 1. The molecule has 1 N–H and O–H groups in total. The van der Waals surface area contributed by atoms with Gasteiger partial charge in [-0.25, -0.2) is 0 Å². The van der Waals surface area contributed by atoms with Gasteiger partial charge in [-0.1, -0.05) is 18.1 Å². The van der Waals surface area contributed by atoms with Crippen molar-refractivity contribution >= 4 is 5.97 Å². The highest BCUT2D eigenvalue weighted by molar-refractivity contribution is 5.66. The van der Waals surface area contributed by atoms with Gasteiger partial charge in [-0.3, -0.25) is 4.79 Å². The van der Waals surface area contributed by atoms with E-state index in [-0.39, 0.29) is 12.3 Å². The summed E-state index contributed by atoms with van der Waals surface area (Å²) in [5, 5.41) is 8.55. The number of allylic oxidation sites excluding steroid dienone is 2. The zero-order valence-electron chi connectivity index (χ0n) is 9.05. The van der Waals surface area contributed by atoms with E-state index in [1.807, 2.05) is 6.92 Å². The summed E-state index contributed by atoms with van der Waals surface area (Å²) >= 11 is 0. The molecule has 0 aliphatic rings. The quantitative estimate of drug-likeness (QED) is 0.666. The first-order chi connectivity index (χ1) is 5.93. The summed E-state index contributed by atoms with van der Waals surface area (Å²) in [4.78, 5) is 10.4.